The Labute approximate surface area is 105 Å². The minimum atomic E-state index is 0.581. The van der Waals surface area contributed by atoms with Gasteiger partial charge in [0.25, 0.3) is 0 Å². The smallest absolute Gasteiger partial charge is 0.106 e. The maximum absolute atomic E-state index is 8.77. The first kappa shape index (κ1) is 11.7. The molecule has 0 unspecified atom stereocenters. The maximum Gasteiger partial charge on any atom is 0.106 e. The molecule has 0 aliphatic heterocycles. The van der Waals surface area contributed by atoms with Gasteiger partial charge in [-0.05, 0) is 31.5 Å². The van der Waals surface area contributed by atoms with Crippen molar-refractivity contribution in [2.24, 2.45) is 0 Å². The van der Waals surface area contributed by atoms with Crippen LogP contribution in [0.2, 0.25) is 5.02 Å². The van der Waals surface area contributed by atoms with Gasteiger partial charge in [-0.2, -0.15) is 5.26 Å². The van der Waals surface area contributed by atoms with Gasteiger partial charge in [-0.3, -0.25) is 0 Å². The van der Waals surface area contributed by atoms with E-state index in [1.165, 1.54) is 0 Å². The molecule has 0 atom stereocenters. The average molecular weight is 246 g/mol. The van der Waals surface area contributed by atoms with Crippen LogP contribution in [0.25, 0.3) is 0 Å². The zero-order valence-corrected chi connectivity index (χ0v) is 10.5. The summed E-state index contributed by atoms with van der Waals surface area (Å²) in [6.45, 7) is 4.66. The van der Waals surface area contributed by atoms with Gasteiger partial charge in [0, 0.05) is 16.9 Å². The van der Waals surface area contributed by atoms with Crippen LogP contribution in [0.3, 0.4) is 0 Å². The van der Waals surface area contributed by atoms with Crippen molar-refractivity contribution in [3.8, 4) is 6.07 Å². The van der Waals surface area contributed by atoms with Gasteiger partial charge in [0.1, 0.15) is 5.82 Å². The van der Waals surface area contributed by atoms with E-state index in [4.69, 9.17) is 16.9 Å². The lowest BCUT2D eigenvalue weighted by Gasteiger charge is -2.09. The monoisotopic (exact) mass is 245 g/mol. The second kappa shape index (κ2) is 4.60. The van der Waals surface area contributed by atoms with E-state index in [2.05, 4.69) is 15.6 Å². The lowest BCUT2D eigenvalue weighted by Crippen LogP contribution is -2.04. The summed E-state index contributed by atoms with van der Waals surface area (Å²) >= 11 is 6.14. The van der Waals surface area contributed by atoms with Gasteiger partial charge < -0.3 is 4.57 Å². The third-order valence-corrected chi connectivity index (χ3v) is 3.12. The van der Waals surface area contributed by atoms with E-state index in [1.54, 1.807) is 12.1 Å². The van der Waals surface area contributed by atoms with Crippen LogP contribution in [0.1, 0.15) is 22.6 Å². The van der Waals surface area contributed by atoms with E-state index in [0.717, 1.165) is 17.1 Å². The van der Waals surface area contributed by atoms with Crippen LogP contribution in [0.5, 0.6) is 0 Å². The third-order valence-electron chi connectivity index (χ3n) is 2.77. The number of aromatic nitrogens is 2. The van der Waals surface area contributed by atoms with Crippen LogP contribution in [0, 0.1) is 25.2 Å². The zero-order chi connectivity index (χ0) is 12.4. The third kappa shape index (κ3) is 2.32. The van der Waals surface area contributed by atoms with Gasteiger partial charge in [0.2, 0.25) is 0 Å². The Kier molecular flexibility index (Phi) is 3.16. The van der Waals surface area contributed by atoms with Crippen molar-refractivity contribution in [3.63, 3.8) is 0 Å². The number of nitriles is 1. The van der Waals surface area contributed by atoms with E-state index in [9.17, 15) is 0 Å². The molecule has 4 heteroatoms. The Hall–Kier alpha value is -1.79. The number of halogens is 1. The largest absolute Gasteiger partial charge is 0.328 e. The van der Waals surface area contributed by atoms with Gasteiger partial charge in [0.05, 0.1) is 18.2 Å². The molecule has 0 saturated carbocycles. The number of rotatable bonds is 2. The summed E-state index contributed by atoms with van der Waals surface area (Å²) in [4.78, 5) is 4.24. The number of aryl methyl sites for hydroxylation is 2. The molecule has 0 fully saturated rings. The van der Waals surface area contributed by atoms with Gasteiger partial charge in [-0.1, -0.05) is 17.7 Å². The molecule has 3 nitrogen and oxygen atoms in total. The maximum atomic E-state index is 8.77. The Balaban J connectivity index is 2.34. The Morgan fingerprint density at radius 1 is 1.41 bits per heavy atom. The molecule has 1 aromatic carbocycles. The average Bonchev–Trinajstić information content (AvgIpc) is 2.63. The van der Waals surface area contributed by atoms with Crippen molar-refractivity contribution in [2.45, 2.75) is 20.4 Å². The topological polar surface area (TPSA) is 41.6 Å². The predicted molar refractivity (Wildman–Crippen MR) is 67.0 cm³/mol. The number of benzene rings is 1. The molecule has 0 aliphatic carbocycles. The molecule has 17 heavy (non-hydrogen) atoms. The van der Waals surface area contributed by atoms with Crippen LogP contribution in [0.15, 0.2) is 24.4 Å². The fourth-order valence-electron chi connectivity index (χ4n) is 1.74. The van der Waals surface area contributed by atoms with Crippen molar-refractivity contribution in [1.29, 1.82) is 5.26 Å². The van der Waals surface area contributed by atoms with E-state index in [1.807, 2.05) is 26.1 Å². The molecule has 0 N–H and O–H groups in total. The summed E-state index contributed by atoms with van der Waals surface area (Å²) in [5.74, 6) is 0.961. The van der Waals surface area contributed by atoms with Gasteiger partial charge in [-0.15, -0.1) is 0 Å². The van der Waals surface area contributed by atoms with Crippen molar-refractivity contribution in [1.82, 2.24) is 9.55 Å². The molecular formula is C13H12ClN3. The first-order valence-electron chi connectivity index (χ1n) is 5.29. The van der Waals surface area contributed by atoms with Crippen LogP contribution in [-0.4, -0.2) is 9.55 Å². The number of hydrogen-bond donors (Lipinski definition) is 0. The van der Waals surface area contributed by atoms with Crippen molar-refractivity contribution in [3.05, 3.63) is 52.1 Å². The normalized spacial score (nSPS) is 10.2. The molecule has 0 aliphatic rings. The summed E-state index contributed by atoms with van der Waals surface area (Å²) in [6, 6.07) is 7.44. The highest BCUT2D eigenvalue weighted by molar-refractivity contribution is 6.31. The molecule has 0 amide bonds. The molecule has 0 radical (unpaired) electrons. The van der Waals surface area contributed by atoms with Gasteiger partial charge in [-0.25, -0.2) is 4.98 Å². The fraction of sp³-hybridized carbons (Fsp3) is 0.231. The SMILES string of the molecule is Cc1cnc(C)n1Cc1ccc(C#N)cc1Cl. The minimum Gasteiger partial charge on any atom is -0.328 e. The second-order valence-corrected chi connectivity index (χ2v) is 4.36. The highest BCUT2D eigenvalue weighted by atomic mass is 35.5. The van der Waals surface area contributed by atoms with E-state index < -0.39 is 0 Å². The number of imidazole rings is 1. The number of hydrogen-bond acceptors (Lipinski definition) is 2. The van der Waals surface area contributed by atoms with Gasteiger partial charge >= 0.3 is 0 Å². The first-order chi connectivity index (χ1) is 8.11. The number of nitrogens with zero attached hydrogens (tertiary/aromatic N) is 3. The lowest BCUT2D eigenvalue weighted by molar-refractivity contribution is 0.738. The van der Waals surface area contributed by atoms with E-state index in [-0.39, 0.29) is 0 Å². The molecule has 1 aromatic heterocycles. The Morgan fingerprint density at radius 2 is 2.18 bits per heavy atom. The van der Waals surface area contributed by atoms with Crippen LogP contribution in [0.4, 0.5) is 0 Å². The highest BCUT2D eigenvalue weighted by Crippen LogP contribution is 2.20. The molecule has 0 bridgehead atoms. The lowest BCUT2D eigenvalue weighted by atomic mass is 10.1. The summed E-state index contributed by atoms with van der Waals surface area (Å²) in [5.41, 5.74) is 2.68. The van der Waals surface area contributed by atoms with E-state index in [0.29, 0.717) is 17.1 Å². The van der Waals surface area contributed by atoms with Crippen molar-refractivity contribution < 1.29 is 0 Å². The zero-order valence-electron chi connectivity index (χ0n) is 9.74. The molecule has 86 valence electrons. The molecule has 0 spiro atoms. The molecule has 1 heterocycles. The molecule has 0 saturated heterocycles. The first-order valence-corrected chi connectivity index (χ1v) is 5.67. The summed E-state index contributed by atoms with van der Waals surface area (Å²) in [5, 5.41) is 9.40. The van der Waals surface area contributed by atoms with Crippen molar-refractivity contribution >= 4 is 11.6 Å². The molecular weight excluding hydrogens is 234 g/mol. The summed E-state index contributed by atoms with van der Waals surface area (Å²) < 4.78 is 2.09. The summed E-state index contributed by atoms with van der Waals surface area (Å²) in [7, 11) is 0. The highest BCUT2D eigenvalue weighted by Gasteiger charge is 2.07. The van der Waals surface area contributed by atoms with E-state index >= 15 is 0 Å². The van der Waals surface area contributed by atoms with Crippen LogP contribution in [-0.2, 0) is 6.54 Å². The quantitative estimate of drug-likeness (QED) is 0.816. The van der Waals surface area contributed by atoms with Crippen molar-refractivity contribution in [2.75, 3.05) is 0 Å². The van der Waals surface area contributed by atoms with Gasteiger partial charge in [0.15, 0.2) is 0 Å². The second-order valence-electron chi connectivity index (χ2n) is 3.95. The fourth-order valence-corrected chi connectivity index (χ4v) is 1.98. The Morgan fingerprint density at radius 3 is 2.71 bits per heavy atom. The standard InChI is InChI=1S/C13H12ClN3/c1-9-7-16-10(2)17(9)8-12-4-3-11(6-15)5-13(12)14/h3-5,7H,8H2,1-2H3. The molecule has 2 aromatic rings. The predicted octanol–water partition coefficient (Wildman–Crippen LogP) is 3.07. The Bertz CT molecular complexity index is 574. The minimum absolute atomic E-state index is 0.581. The van der Waals surface area contributed by atoms with Crippen LogP contribution < -0.4 is 0 Å². The van der Waals surface area contributed by atoms with Crippen LogP contribution >= 0.6 is 11.6 Å². The summed E-state index contributed by atoms with van der Waals surface area (Å²) in [6.07, 6.45) is 1.84. The molecule has 2 rings (SSSR count).